The number of hydrogen-bond donors (Lipinski definition) is 1. The van der Waals surface area contributed by atoms with Gasteiger partial charge in [-0.25, -0.2) is 8.42 Å². The Labute approximate surface area is 95.0 Å². The van der Waals surface area contributed by atoms with E-state index in [2.05, 4.69) is 0 Å². The number of sulfone groups is 1. The summed E-state index contributed by atoms with van der Waals surface area (Å²) in [6.45, 7) is 5.68. The maximum absolute atomic E-state index is 11.5. The van der Waals surface area contributed by atoms with E-state index in [0.29, 0.717) is 12.3 Å². The molecular weight excluding hydrogens is 234 g/mol. The van der Waals surface area contributed by atoms with Crippen LogP contribution in [0.4, 0.5) is 0 Å². The second-order valence-electron chi connectivity index (χ2n) is 4.07. The van der Waals surface area contributed by atoms with Gasteiger partial charge in [0.2, 0.25) is 0 Å². The van der Waals surface area contributed by atoms with Gasteiger partial charge in [0.1, 0.15) is 0 Å². The number of nitrogens with two attached hydrogens (primary N) is 1. The zero-order chi connectivity index (χ0) is 12.1. The van der Waals surface area contributed by atoms with Crippen molar-refractivity contribution in [2.45, 2.75) is 26.0 Å². The van der Waals surface area contributed by atoms with Gasteiger partial charge in [-0.3, -0.25) is 4.21 Å². The van der Waals surface area contributed by atoms with E-state index in [9.17, 15) is 12.6 Å². The standard InChI is InChI=1S/C9H21NO3S2/c1-8(2)15(12,13)5-4-14(11)7-9(3)6-10/h8-9H,4-7,10H2,1-3H3. The fraction of sp³-hybridized carbons (Fsp3) is 1.00. The maximum atomic E-state index is 11.5. The lowest BCUT2D eigenvalue weighted by Gasteiger charge is -2.09. The molecule has 0 spiro atoms. The fourth-order valence-electron chi connectivity index (χ4n) is 0.914. The second-order valence-corrected chi connectivity index (χ2v) is 8.37. The summed E-state index contributed by atoms with van der Waals surface area (Å²) in [6, 6.07) is 0. The molecule has 0 radical (unpaired) electrons. The molecule has 0 amide bonds. The molecule has 0 aromatic heterocycles. The molecule has 2 atom stereocenters. The zero-order valence-corrected chi connectivity index (χ0v) is 11.2. The lowest BCUT2D eigenvalue weighted by molar-refractivity contribution is 0.588. The molecule has 0 aromatic carbocycles. The van der Waals surface area contributed by atoms with Crippen molar-refractivity contribution >= 4 is 20.6 Å². The Balaban J connectivity index is 4.02. The molecule has 0 saturated heterocycles. The third kappa shape index (κ3) is 6.27. The molecule has 2 unspecified atom stereocenters. The zero-order valence-electron chi connectivity index (χ0n) is 9.60. The molecule has 6 heteroatoms. The summed E-state index contributed by atoms with van der Waals surface area (Å²) >= 11 is 0. The van der Waals surface area contributed by atoms with Gasteiger partial charge in [-0.2, -0.15) is 0 Å². The molecular formula is C9H21NO3S2. The summed E-state index contributed by atoms with van der Waals surface area (Å²) in [5.41, 5.74) is 5.40. The van der Waals surface area contributed by atoms with Crippen LogP contribution < -0.4 is 5.73 Å². The minimum Gasteiger partial charge on any atom is -0.330 e. The topological polar surface area (TPSA) is 77.2 Å². The summed E-state index contributed by atoms with van der Waals surface area (Å²) in [4.78, 5) is 0. The van der Waals surface area contributed by atoms with Crippen LogP contribution in [0, 0.1) is 5.92 Å². The Bertz CT molecular complexity index is 298. The molecule has 0 aromatic rings. The smallest absolute Gasteiger partial charge is 0.153 e. The Morgan fingerprint density at radius 3 is 2.20 bits per heavy atom. The van der Waals surface area contributed by atoms with Crippen molar-refractivity contribution in [3.05, 3.63) is 0 Å². The first-order chi connectivity index (χ1) is 6.79. The molecule has 0 bridgehead atoms. The van der Waals surface area contributed by atoms with Crippen LogP contribution in [0.5, 0.6) is 0 Å². The van der Waals surface area contributed by atoms with Crippen molar-refractivity contribution in [1.29, 1.82) is 0 Å². The molecule has 92 valence electrons. The van der Waals surface area contributed by atoms with Gasteiger partial charge < -0.3 is 5.73 Å². The van der Waals surface area contributed by atoms with Crippen LogP contribution in [0.1, 0.15) is 20.8 Å². The van der Waals surface area contributed by atoms with E-state index in [4.69, 9.17) is 5.73 Å². The van der Waals surface area contributed by atoms with Gasteiger partial charge in [-0.05, 0) is 26.3 Å². The molecule has 4 nitrogen and oxygen atoms in total. The fourth-order valence-corrected chi connectivity index (χ4v) is 4.00. The maximum Gasteiger partial charge on any atom is 0.153 e. The van der Waals surface area contributed by atoms with Crippen molar-refractivity contribution in [3.8, 4) is 0 Å². The predicted octanol–water partition coefficient (Wildman–Crippen LogP) is 0.153. The van der Waals surface area contributed by atoms with Gasteiger partial charge in [0.15, 0.2) is 9.84 Å². The molecule has 15 heavy (non-hydrogen) atoms. The highest BCUT2D eigenvalue weighted by Gasteiger charge is 2.17. The van der Waals surface area contributed by atoms with Crippen molar-refractivity contribution in [1.82, 2.24) is 0 Å². The SMILES string of the molecule is CC(CN)CS(=O)CCS(=O)(=O)C(C)C. The van der Waals surface area contributed by atoms with Crippen molar-refractivity contribution < 1.29 is 12.6 Å². The molecule has 0 aliphatic carbocycles. The van der Waals surface area contributed by atoms with Gasteiger partial charge in [-0.1, -0.05) is 6.92 Å². The Morgan fingerprint density at radius 1 is 1.27 bits per heavy atom. The highest BCUT2D eigenvalue weighted by atomic mass is 32.2. The Hall–Kier alpha value is 0.0600. The van der Waals surface area contributed by atoms with Gasteiger partial charge >= 0.3 is 0 Å². The van der Waals surface area contributed by atoms with Crippen LogP contribution >= 0.6 is 0 Å². The van der Waals surface area contributed by atoms with E-state index < -0.39 is 20.6 Å². The van der Waals surface area contributed by atoms with Crippen LogP contribution in [-0.4, -0.2) is 41.7 Å². The first-order valence-electron chi connectivity index (χ1n) is 5.06. The van der Waals surface area contributed by atoms with E-state index in [1.54, 1.807) is 13.8 Å². The van der Waals surface area contributed by atoms with Crippen LogP contribution in [0.25, 0.3) is 0 Å². The van der Waals surface area contributed by atoms with Gasteiger partial charge in [0, 0.05) is 22.3 Å². The largest absolute Gasteiger partial charge is 0.330 e. The highest BCUT2D eigenvalue weighted by molar-refractivity contribution is 7.93. The third-order valence-electron chi connectivity index (χ3n) is 2.19. The van der Waals surface area contributed by atoms with Gasteiger partial charge in [-0.15, -0.1) is 0 Å². The minimum atomic E-state index is -3.06. The molecule has 0 saturated carbocycles. The van der Waals surface area contributed by atoms with E-state index >= 15 is 0 Å². The average Bonchev–Trinajstić information content (AvgIpc) is 2.14. The van der Waals surface area contributed by atoms with Crippen molar-refractivity contribution in [2.75, 3.05) is 23.8 Å². The molecule has 0 aliphatic rings. The lowest BCUT2D eigenvalue weighted by Crippen LogP contribution is -2.25. The summed E-state index contributed by atoms with van der Waals surface area (Å²) in [6.07, 6.45) is 0. The molecule has 0 aliphatic heterocycles. The van der Waals surface area contributed by atoms with Crippen LogP contribution in [0.3, 0.4) is 0 Å². The highest BCUT2D eigenvalue weighted by Crippen LogP contribution is 2.03. The number of hydrogen-bond acceptors (Lipinski definition) is 4. The van der Waals surface area contributed by atoms with Crippen LogP contribution in [0.2, 0.25) is 0 Å². The average molecular weight is 255 g/mol. The predicted molar refractivity (Wildman–Crippen MR) is 65.0 cm³/mol. The summed E-state index contributed by atoms with van der Waals surface area (Å²) in [7, 11) is -4.13. The lowest BCUT2D eigenvalue weighted by atomic mass is 10.2. The van der Waals surface area contributed by atoms with E-state index in [1.165, 1.54) is 0 Å². The molecule has 0 rings (SSSR count). The molecule has 0 heterocycles. The van der Waals surface area contributed by atoms with Crippen molar-refractivity contribution in [2.24, 2.45) is 11.7 Å². The van der Waals surface area contributed by atoms with Gasteiger partial charge in [0.05, 0.1) is 11.0 Å². The quantitative estimate of drug-likeness (QED) is 0.702. The monoisotopic (exact) mass is 255 g/mol. The van der Waals surface area contributed by atoms with Crippen molar-refractivity contribution in [3.63, 3.8) is 0 Å². The third-order valence-corrected chi connectivity index (χ3v) is 6.25. The summed E-state index contributed by atoms with van der Waals surface area (Å²) in [5, 5.41) is -0.388. The minimum absolute atomic E-state index is 0.00850. The first-order valence-corrected chi connectivity index (χ1v) is 8.26. The first kappa shape index (κ1) is 15.1. The summed E-state index contributed by atoms with van der Waals surface area (Å²) in [5.74, 6) is 0.913. The number of rotatable bonds is 7. The van der Waals surface area contributed by atoms with Crippen LogP contribution in [0.15, 0.2) is 0 Å². The van der Waals surface area contributed by atoms with E-state index in [0.717, 1.165) is 0 Å². The molecule has 2 N–H and O–H groups in total. The van der Waals surface area contributed by atoms with Gasteiger partial charge in [0.25, 0.3) is 0 Å². The second kappa shape index (κ2) is 6.60. The summed E-state index contributed by atoms with van der Waals surface area (Å²) < 4.78 is 34.3. The van der Waals surface area contributed by atoms with Crippen LogP contribution in [-0.2, 0) is 20.6 Å². The Kier molecular flexibility index (Phi) is 6.63. The Morgan fingerprint density at radius 2 is 1.80 bits per heavy atom. The molecule has 0 fully saturated rings. The normalized spacial score (nSPS) is 16.6. The van der Waals surface area contributed by atoms with E-state index in [-0.39, 0.29) is 22.7 Å². The van der Waals surface area contributed by atoms with E-state index in [1.807, 2.05) is 6.92 Å².